The van der Waals surface area contributed by atoms with E-state index in [9.17, 15) is 14.4 Å². The molecule has 0 aliphatic heterocycles. The second-order valence-corrected chi connectivity index (χ2v) is 7.37. The molecule has 0 amide bonds. The fourth-order valence-corrected chi connectivity index (χ4v) is 2.88. The molecule has 0 atom stereocenters. The van der Waals surface area contributed by atoms with Gasteiger partial charge in [-0.1, -0.05) is 76.9 Å². The molecule has 0 N–H and O–H groups in total. The summed E-state index contributed by atoms with van der Waals surface area (Å²) in [6.07, 6.45) is 21.4. The quantitative estimate of drug-likeness (QED) is 0.150. The zero-order valence-corrected chi connectivity index (χ0v) is 17.0. The van der Waals surface area contributed by atoms with Crippen LogP contribution in [0, 0.1) is 0 Å². The van der Waals surface area contributed by atoms with Gasteiger partial charge in [0.2, 0.25) is 0 Å². The van der Waals surface area contributed by atoms with E-state index in [2.05, 4.69) is 23.6 Å². The van der Waals surface area contributed by atoms with E-state index in [1.165, 1.54) is 57.8 Å². The molecule has 0 radical (unpaired) electrons. The molecule has 146 valence electrons. The Morgan fingerprint density at radius 1 is 0.750 bits per heavy atom. The van der Waals surface area contributed by atoms with Crippen molar-refractivity contribution < 1.29 is 35.4 Å². The molecule has 0 bridgehead atoms. The van der Waals surface area contributed by atoms with E-state index in [1.807, 2.05) is 0 Å². The number of hydrogen-bond acceptors (Lipinski definition) is 4. The van der Waals surface area contributed by atoms with Gasteiger partial charge in [-0.05, 0) is 32.1 Å². The summed E-state index contributed by atoms with van der Waals surface area (Å²) in [5.41, 5.74) is 0. The first-order chi connectivity index (χ1) is 11.1. The SMILES string of the molecule is CCCCCCCC/C=C\CCCCCCCCOP(=O)([O-])[O-].[Ni+2]. The van der Waals surface area contributed by atoms with Gasteiger partial charge in [0, 0.05) is 0 Å². The van der Waals surface area contributed by atoms with Gasteiger partial charge in [0.25, 0.3) is 0 Å². The largest absolute Gasteiger partial charge is 2.00 e. The maximum atomic E-state index is 10.2. The molecule has 0 aromatic heterocycles. The molecule has 0 aliphatic carbocycles. The predicted octanol–water partition coefficient (Wildman–Crippen LogP) is 4.87. The van der Waals surface area contributed by atoms with Crippen molar-refractivity contribution in [1.29, 1.82) is 0 Å². The predicted molar refractivity (Wildman–Crippen MR) is 93.0 cm³/mol. The van der Waals surface area contributed by atoms with Crippen molar-refractivity contribution in [2.45, 2.75) is 96.8 Å². The van der Waals surface area contributed by atoms with Gasteiger partial charge in [-0.3, -0.25) is 0 Å². The molecule has 0 saturated carbocycles. The van der Waals surface area contributed by atoms with Crippen molar-refractivity contribution >= 4 is 7.82 Å². The van der Waals surface area contributed by atoms with Crippen LogP contribution in [0.25, 0.3) is 0 Å². The van der Waals surface area contributed by atoms with Crippen molar-refractivity contribution in [2.75, 3.05) is 6.61 Å². The third-order valence-electron chi connectivity index (χ3n) is 3.91. The standard InChI is InChI=1S/C18H37O4P.Ni/c1-2-3-4-5-6-7-8-9-10-11-12-13-14-15-16-17-18-22-23(19,20)21;/h9-10H,2-8,11-18H2,1H3,(H2,19,20,21);/q;+2/p-2/b10-9-;. The van der Waals surface area contributed by atoms with E-state index in [-0.39, 0.29) is 23.1 Å². The average Bonchev–Trinajstić information content (AvgIpc) is 2.49. The fraction of sp³-hybridized carbons (Fsp3) is 0.889. The average molecular weight is 405 g/mol. The first-order valence-electron chi connectivity index (χ1n) is 9.38. The zero-order valence-electron chi connectivity index (χ0n) is 15.2. The number of phosphoric ester groups is 1. The van der Waals surface area contributed by atoms with Crippen LogP contribution >= 0.6 is 7.82 Å². The van der Waals surface area contributed by atoms with Crippen molar-refractivity contribution in [3.8, 4) is 0 Å². The molecule has 0 fully saturated rings. The third-order valence-corrected chi connectivity index (χ3v) is 4.40. The molecular formula is C18H35NiO4P. The number of rotatable bonds is 17. The topological polar surface area (TPSA) is 72.4 Å². The Labute approximate surface area is 159 Å². The van der Waals surface area contributed by atoms with E-state index in [0.29, 0.717) is 6.42 Å². The van der Waals surface area contributed by atoms with Crippen LogP contribution in [0.15, 0.2) is 12.2 Å². The molecule has 0 aromatic rings. The van der Waals surface area contributed by atoms with Crippen LogP contribution in [0.4, 0.5) is 0 Å². The summed E-state index contributed by atoms with van der Waals surface area (Å²) in [6.45, 7) is 2.28. The van der Waals surface area contributed by atoms with Crippen molar-refractivity contribution in [1.82, 2.24) is 0 Å². The Morgan fingerprint density at radius 3 is 1.62 bits per heavy atom. The van der Waals surface area contributed by atoms with Crippen LogP contribution in [-0.2, 0) is 25.6 Å². The molecule has 6 heteroatoms. The third kappa shape index (κ3) is 24.6. The summed E-state index contributed by atoms with van der Waals surface area (Å²) in [4.78, 5) is 20.5. The smallest absolute Gasteiger partial charge is 0.790 e. The molecule has 0 saturated heterocycles. The normalized spacial score (nSPS) is 11.8. The van der Waals surface area contributed by atoms with Gasteiger partial charge >= 0.3 is 16.5 Å². The van der Waals surface area contributed by atoms with Gasteiger partial charge < -0.3 is 18.9 Å². The summed E-state index contributed by atoms with van der Waals surface area (Å²) < 4.78 is 14.4. The Kier molecular flexibility index (Phi) is 21.8. The van der Waals surface area contributed by atoms with Gasteiger partial charge in [-0.2, -0.15) is 0 Å². The number of phosphoric acid groups is 1. The van der Waals surface area contributed by atoms with Crippen LogP contribution in [0.2, 0.25) is 0 Å². The summed E-state index contributed by atoms with van der Waals surface area (Å²) in [5, 5.41) is 0. The van der Waals surface area contributed by atoms with E-state index in [1.54, 1.807) is 0 Å². The maximum absolute atomic E-state index is 10.2. The Morgan fingerprint density at radius 2 is 1.17 bits per heavy atom. The molecule has 0 aromatic carbocycles. The molecule has 24 heavy (non-hydrogen) atoms. The maximum Gasteiger partial charge on any atom is 2.00 e. The molecule has 0 heterocycles. The van der Waals surface area contributed by atoms with Gasteiger partial charge in [0.1, 0.15) is 0 Å². The van der Waals surface area contributed by atoms with Gasteiger partial charge in [0.15, 0.2) is 0 Å². The van der Waals surface area contributed by atoms with Gasteiger partial charge in [0.05, 0.1) is 14.4 Å². The number of unbranched alkanes of at least 4 members (excludes halogenated alkanes) is 12. The first kappa shape index (κ1) is 26.6. The van der Waals surface area contributed by atoms with Crippen LogP contribution in [0.1, 0.15) is 96.8 Å². The van der Waals surface area contributed by atoms with Gasteiger partial charge in [-0.25, -0.2) is 0 Å². The Bertz CT molecular complexity index is 318. The van der Waals surface area contributed by atoms with Crippen molar-refractivity contribution in [3.63, 3.8) is 0 Å². The molecule has 0 aliphatic rings. The summed E-state index contributed by atoms with van der Waals surface area (Å²) in [6, 6.07) is 0. The first-order valence-corrected chi connectivity index (χ1v) is 10.8. The van der Waals surface area contributed by atoms with E-state index in [0.717, 1.165) is 25.7 Å². The summed E-state index contributed by atoms with van der Waals surface area (Å²) >= 11 is 0. The van der Waals surface area contributed by atoms with Crippen molar-refractivity contribution in [2.24, 2.45) is 0 Å². The second-order valence-electron chi connectivity index (χ2n) is 6.22. The van der Waals surface area contributed by atoms with Crippen LogP contribution in [0.5, 0.6) is 0 Å². The molecule has 0 unspecified atom stereocenters. The molecular weight excluding hydrogens is 370 g/mol. The van der Waals surface area contributed by atoms with Crippen molar-refractivity contribution in [3.05, 3.63) is 12.2 Å². The van der Waals surface area contributed by atoms with Gasteiger partial charge in [-0.15, -0.1) is 0 Å². The molecule has 0 rings (SSSR count). The second kappa shape index (κ2) is 19.7. The molecule has 4 nitrogen and oxygen atoms in total. The monoisotopic (exact) mass is 404 g/mol. The minimum atomic E-state index is -4.76. The summed E-state index contributed by atoms with van der Waals surface area (Å²) in [7, 11) is -4.76. The Balaban J connectivity index is 0. The zero-order chi connectivity index (χ0) is 17.2. The Hall–Kier alpha value is 0.344. The minimum absolute atomic E-state index is 0. The van der Waals surface area contributed by atoms with E-state index in [4.69, 9.17) is 0 Å². The van der Waals surface area contributed by atoms with E-state index >= 15 is 0 Å². The number of allylic oxidation sites excluding steroid dienone is 2. The summed E-state index contributed by atoms with van der Waals surface area (Å²) in [5.74, 6) is 0. The molecule has 0 spiro atoms. The fourth-order valence-electron chi connectivity index (χ4n) is 2.53. The van der Waals surface area contributed by atoms with E-state index < -0.39 is 7.82 Å². The van der Waals surface area contributed by atoms with Crippen LogP contribution in [0.3, 0.4) is 0 Å². The number of hydrogen-bond donors (Lipinski definition) is 0. The van der Waals surface area contributed by atoms with Crippen LogP contribution in [-0.4, -0.2) is 6.61 Å². The van der Waals surface area contributed by atoms with Crippen LogP contribution < -0.4 is 9.79 Å². The minimum Gasteiger partial charge on any atom is -0.790 e.